The van der Waals surface area contributed by atoms with Crippen LogP contribution < -0.4 is 20.3 Å². The highest BCUT2D eigenvalue weighted by atomic mass is 16.5. The van der Waals surface area contributed by atoms with Crippen LogP contribution in [0, 0.1) is 11.3 Å². The quantitative estimate of drug-likeness (QED) is 0.395. The van der Waals surface area contributed by atoms with Crippen LogP contribution in [0.4, 0.5) is 0 Å². The molecule has 0 radical (unpaired) electrons. The first-order chi connectivity index (χ1) is 22.4. The maximum atomic E-state index is 12.7. The van der Waals surface area contributed by atoms with Crippen LogP contribution in [-0.2, 0) is 13.6 Å². The Hall–Kier alpha value is -2.98. The van der Waals surface area contributed by atoms with E-state index in [0.29, 0.717) is 10.8 Å². The molecule has 0 bridgehead atoms. The molecule has 248 valence electrons. The van der Waals surface area contributed by atoms with Gasteiger partial charge in [-0.1, -0.05) is 0 Å². The first-order valence-electron chi connectivity index (χ1n) is 17.5. The molecule has 46 heavy (non-hydrogen) atoms. The molecule has 1 aliphatic carbocycles. The number of rotatable bonds is 8. The number of fused-ring (bicyclic) bond motifs is 1. The van der Waals surface area contributed by atoms with Crippen LogP contribution in [0.5, 0.6) is 11.5 Å². The van der Waals surface area contributed by atoms with Crippen molar-refractivity contribution in [3.63, 3.8) is 0 Å². The molecule has 1 unspecified atom stereocenters. The van der Waals surface area contributed by atoms with Crippen molar-refractivity contribution in [2.45, 2.75) is 57.5 Å². The summed E-state index contributed by atoms with van der Waals surface area (Å²) < 4.78 is 13.6. The SMILES string of the molecule is COc1cc(-c2cn(C)c(=O)c3cnccc23)cc(OC)c1CN1CCN(C2CCC3(CC2)CCN(CC2CCNC2)CC3)CC1. The maximum Gasteiger partial charge on any atom is 0.259 e. The molecule has 3 aliphatic heterocycles. The van der Waals surface area contributed by atoms with Gasteiger partial charge in [0.05, 0.1) is 25.2 Å². The molecule has 1 aromatic carbocycles. The summed E-state index contributed by atoms with van der Waals surface area (Å²) in [5, 5.41) is 5.02. The van der Waals surface area contributed by atoms with Crippen LogP contribution in [0.15, 0.2) is 41.6 Å². The van der Waals surface area contributed by atoms with Crippen LogP contribution in [0.1, 0.15) is 50.5 Å². The van der Waals surface area contributed by atoms with Crippen molar-refractivity contribution in [2.75, 3.05) is 73.1 Å². The van der Waals surface area contributed by atoms with E-state index in [1.165, 1.54) is 77.7 Å². The maximum absolute atomic E-state index is 12.7. The third-order valence-electron chi connectivity index (χ3n) is 11.8. The summed E-state index contributed by atoms with van der Waals surface area (Å²) in [6.07, 6.45) is 15.0. The smallest absolute Gasteiger partial charge is 0.259 e. The Labute approximate surface area is 273 Å². The lowest BCUT2D eigenvalue weighted by molar-refractivity contribution is 0.0134. The highest BCUT2D eigenvalue weighted by Gasteiger charge is 2.40. The van der Waals surface area contributed by atoms with E-state index in [2.05, 4.69) is 37.1 Å². The summed E-state index contributed by atoms with van der Waals surface area (Å²) in [5.41, 5.74) is 3.55. The zero-order valence-electron chi connectivity index (χ0n) is 28.1. The summed E-state index contributed by atoms with van der Waals surface area (Å²) in [6.45, 7) is 11.5. The first-order valence-corrected chi connectivity index (χ1v) is 17.5. The van der Waals surface area contributed by atoms with E-state index in [4.69, 9.17) is 9.47 Å². The van der Waals surface area contributed by atoms with E-state index in [1.807, 2.05) is 12.3 Å². The van der Waals surface area contributed by atoms with Crippen LogP contribution >= 0.6 is 0 Å². The molecule has 1 spiro atoms. The molecule has 3 saturated heterocycles. The zero-order chi connectivity index (χ0) is 31.7. The third kappa shape index (κ3) is 6.44. The first kappa shape index (κ1) is 31.6. The predicted molar refractivity (Wildman–Crippen MR) is 184 cm³/mol. The fraction of sp³-hybridized carbons (Fsp3) is 0.622. The largest absolute Gasteiger partial charge is 0.496 e. The van der Waals surface area contributed by atoms with Gasteiger partial charge in [0.25, 0.3) is 5.56 Å². The fourth-order valence-corrected chi connectivity index (χ4v) is 8.87. The van der Waals surface area contributed by atoms with Crippen LogP contribution in [0.3, 0.4) is 0 Å². The van der Waals surface area contributed by atoms with Crippen molar-refractivity contribution in [3.05, 3.63) is 52.7 Å². The van der Waals surface area contributed by atoms with Crippen molar-refractivity contribution < 1.29 is 9.47 Å². The van der Waals surface area contributed by atoms with Crippen LogP contribution in [-0.4, -0.2) is 103 Å². The van der Waals surface area contributed by atoms with Gasteiger partial charge in [-0.15, -0.1) is 0 Å². The number of piperazine rings is 1. The summed E-state index contributed by atoms with van der Waals surface area (Å²) >= 11 is 0. The Morgan fingerprint density at radius 3 is 2.28 bits per heavy atom. The predicted octanol–water partition coefficient (Wildman–Crippen LogP) is 4.37. The summed E-state index contributed by atoms with van der Waals surface area (Å²) in [6, 6.07) is 6.82. The van der Waals surface area contributed by atoms with Gasteiger partial charge in [-0.2, -0.15) is 0 Å². The van der Waals surface area contributed by atoms with E-state index in [1.54, 1.807) is 38.2 Å². The van der Waals surface area contributed by atoms with Gasteiger partial charge in [0, 0.05) is 76.5 Å². The molecule has 5 heterocycles. The number of ether oxygens (including phenoxy) is 2. The van der Waals surface area contributed by atoms with Gasteiger partial charge in [-0.3, -0.25) is 19.6 Å². The lowest BCUT2D eigenvalue weighted by Crippen LogP contribution is -2.52. The molecule has 1 saturated carbocycles. The molecule has 9 heteroatoms. The minimum absolute atomic E-state index is 0.0532. The van der Waals surface area contributed by atoms with Gasteiger partial charge in [0.15, 0.2) is 0 Å². The number of benzene rings is 1. The normalized spacial score (nSPS) is 23.3. The second kappa shape index (κ2) is 13.6. The summed E-state index contributed by atoms with van der Waals surface area (Å²) in [5.74, 6) is 2.50. The number of aromatic nitrogens is 2. The minimum Gasteiger partial charge on any atom is -0.496 e. The fourth-order valence-electron chi connectivity index (χ4n) is 8.87. The molecule has 0 amide bonds. The van der Waals surface area contributed by atoms with E-state index >= 15 is 0 Å². The van der Waals surface area contributed by atoms with E-state index in [-0.39, 0.29) is 5.56 Å². The second-order valence-corrected chi connectivity index (χ2v) is 14.4. The average molecular weight is 629 g/mol. The number of aryl methyl sites for hydroxylation is 1. The van der Waals surface area contributed by atoms with Crippen molar-refractivity contribution in [1.82, 2.24) is 29.6 Å². The molecule has 1 N–H and O–H groups in total. The van der Waals surface area contributed by atoms with Crippen molar-refractivity contribution in [1.29, 1.82) is 0 Å². The van der Waals surface area contributed by atoms with Crippen molar-refractivity contribution >= 4 is 10.8 Å². The van der Waals surface area contributed by atoms with Gasteiger partial charge in [0.1, 0.15) is 11.5 Å². The lowest BCUT2D eigenvalue weighted by atomic mass is 9.66. The standard InChI is InChI=1S/C37H52N6O3/c1-40-25-32(30-7-13-39-23-31(30)36(40)44)28-20-34(45-2)33(35(21-28)46-3)26-42-16-18-43(19-17-42)29-4-8-37(9-5-29)10-14-41(15-11-37)24-27-6-12-38-22-27/h7,13,20-21,23,25,27,29,38H,4-6,8-12,14-19,22,24,26H2,1-3H3. The van der Waals surface area contributed by atoms with Gasteiger partial charge in [-0.25, -0.2) is 0 Å². The summed E-state index contributed by atoms with van der Waals surface area (Å²) in [7, 11) is 5.25. The molecule has 9 nitrogen and oxygen atoms in total. The highest BCUT2D eigenvalue weighted by molar-refractivity contribution is 5.95. The van der Waals surface area contributed by atoms with Crippen LogP contribution in [0.2, 0.25) is 0 Å². The number of likely N-dealkylation sites (tertiary alicyclic amines) is 1. The van der Waals surface area contributed by atoms with Gasteiger partial charge in [-0.05, 0) is 112 Å². The Balaban J connectivity index is 0.961. The summed E-state index contributed by atoms with van der Waals surface area (Å²) in [4.78, 5) is 25.0. The highest BCUT2D eigenvalue weighted by Crippen LogP contribution is 2.46. The lowest BCUT2D eigenvalue weighted by Gasteiger charge is -2.49. The van der Waals surface area contributed by atoms with E-state index < -0.39 is 0 Å². The van der Waals surface area contributed by atoms with Crippen molar-refractivity contribution in [2.24, 2.45) is 18.4 Å². The van der Waals surface area contributed by atoms with Gasteiger partial charge < -0.3 is 24.3 Å². The molecule has 4 fully saturated rings. The monoisotopic (exact) mass is 628 g/mol. The molecule has 1 atom stereocenters. The number of hydrogen-bond acceptors (Lipinski definition) is 8. The van der Waals surface area contributed by atoms with E-state index in [0.717, 1.165) is 78.3 Å². The Bertz CT molecular complexity index is 1530. The molecule has 3 aromatic rings. The van der Waals surface area contributed by atoms with Crippen LogP contribution in [0.25, 0.3) is 21.9 Å². The van der Waals surface area contributed by atoms with Crippen molar-refractivity contribution in [3.8, 4) is 22.6 Å². The zero-order valence-corrected chi connectivity index (χ0v) is 28.1. The number of methoxy groups -OCH3 is 2. The molecule has 4 aliphatic rings. The molecule has 2 aromatic heterocycles. The third-order valence-corrected chi connectivity index (χ3v) is 11.8. The molecular formula is C37H52N6O3. The second-order valence-electron chi connectivity index (χ2n) is 14.4. The number of nitrogens with one attached hydrogen (secondary N) is 1. The number of piperidine rings is 1. The van der Waals surface area contributed by atoms with E-state index in [9.17, 15) is 4.79 Å². The Morgan fingerprint density at radius 2 is 1.63 bits per heavy atom. The molecular weight excluding hydrogens is 576 g/mol. The molecule has 7 rings (SSSR count). The van der Waals surface area contributed by atoms with Gasteiger partial charge >= 0.3 is 0 Å². The van der Waals surface area contributed by atoms with Gasteiger partial charge in [0.2, 0.25) is 0 Å². The number of hydrogen-bond donors (Lipinski definition) is 1. The number of nitrogens with zero attached hydrogens (tertiary/aromatic N) is 5. The Morgan fingerprint density at radius 1 is 0.913 bits per heavy atom. The number of pyridine rings is 2. The minimum atomic E-state index is -0.0532. The topological polar surface area (TPSA) is 75.1 Å². The Kier molecular flexibility index (Phi) is 9.37. The average Bonchev–Trinajstić information content (AvgIpc) is 3.61.